The van der Waals surface area contributed by atoms with Gasteiger partial charge in [-0.3, -0.25) is 4.79 Å². The van der Waals surface area contributed by atoms with Gasteiger partial charge >= 0.3 is 6.61 Å². The fourth-order valence-electron chi connectivity index (χ4n) is 2.67. The van der Waals surface area contributed by atoms with Crippen molar-refractivity contribution in [1.29, 1.82) is 0 Å². The minimum atomic E-state index is -2.93. The van der Waals surface area contributed by atoms with Gasteiger partial charge in [-0.1, -0.05) is 24.3 Å². The number of halogens is 2. The summed E-state index contributed by atoms with van der Waals surface area (Å²) in [6.45, 7) is -2.93. The molecule has 0 aromatic heterocycles. The van der Waals surface area contributed by atoms with Crippen LogP contribution < -0.4 is 14.4 Å². The highest BCUT2D eigenvalue weighted by Gasteiger charge is 2.29. The van der Waals surface area contributed by atoms with Crippen molar-refractivity contribution in [3.05, 3.63) is 53.6 Å². The van der Waals surface area contributed by atoms with Crippen LogP contribution in [0, 0.1) is 0 Å². The van der Waals surface area contributed by atoms with Crippen molar-refractivity contribution in [3.8, 4) is 11.5 Å². The third-order valence-corrected chi connectivity index (χ3v) is 3.81. The average molecular weight is 331 g/mol. The van der Waals surface area contributed by atoms with Crippen LogP contribution in [0.5, 0.6) is 11.5 Å². The molecule has 0 radical (unpaired) electrons. The SMILES string of the molecule is COc1cc(C=C2C(=O)N(C)c3ccccc32)ccc1OC(F)F. The third kappa shape index (κ3) is 2.82. The van der Waals surface area contributed by atoms with E-state index >= 15 is 0 Å². The second kappa shape index (κ2) is 6.31. The number of amides is 1. The Hall–Kier alpha value is -2.89. The highest BCUT2D eigenvalue weighted by atomic mass is 19.3. The van der Waals surface area contributed by atoms with Gasteiger partial charge in [0.25, 0.3) is 5.91 Å². The van der Waals surface area contributed by atoms with Gasteiger partial charge in [0.1, 0.15) is 0 Å². The van der Waals surface area contributed by atoms with E-state index in [0.29, 0.717) is 11.1 Å². The maximum atomic E-state index is 12.4. The number of alkyl halides is 2. The van der Waals surface area contributed by atoms with E-state index in [4.69, 9.17) is 4.74 Å². The first-order valence-electron chi connectivity index (χ1n) is 7.23. The van der Waals surface area contributed by atoms with Crippen molar-refractivity contribution in [2.45, 2.75) is 6.61 Å². The molecule has 2 aromatic rings. The Morgan fingerprint density at radius 3 is 2.58 bits per heavy atom. The number of benzene rings is 2. The lowest BCUT2D eigenvalue weighted by Crippen LogP contribution is -2.20. The molecule has 124 valence electrons. The largest absolute Gasteiger partial charge is 0.493 e. The van der Waals surface area contributed by atoms with Crippen LogP contribution in [0.4, 0.5) is 14.5 Å². The molecule has 1 amide bonds. The van der Waals surface area contributed by atoms with Crippen LogP contribution >= 0.6 is 0 Å². The molecule has 0 bridgehead atoms. The van der Waals surface area contributed by atoms with E-state index < -0.39 is 6.61 Å². The van der Waals surface area contributed by atoms with Gasteiger partial charge < -0.3 is 14.4 Å². The number of anilines is 1. The second-order valence-electron chi connectivity index (χ2n) is 5.23. The summed E-state index contributed by atoms with van der Waals surface area (Å²) in [5.41, 5.74) is 2.86. The fraction of sp³-hybridized carbons (Fsp3) is 0.167. The fourth-order valence-corrected chi connectivity index (χ4v) is 2.67. The molecule has 24 heavy (non-hydrogen) atoms. The van der Waals surface area contributed by atoms with Crippen LogP contribution in [-0.4, -0.2) is 26.7 Å². The monoisotopic (exact) mass is 331 g/mol. The standard InChI is InChI=1S/C18H15F2NO3/c1-21-14-6-4-3-5-12(14)13(17(21)22)9-11-7-8-15(24-18(19)20)16(10-11)23-2/h3-10,18H,1-2H3. The summed E-state index contributed by atoms with van der Waals surface area (Å²) < 4.78 is 34.3. The summed E-state index contributed by atoms with van der Waals surface area (Å²) >= 11 is 0. The molecule has 3 rings (SSSR count). The molecule has 0 fully saturated rings. The Kier molecular flexibility index (Phi) is 4.20. The number of nitrogens with zero attached hydrogens (tertiary/aromatic N) is 1. The Balaban J connectivity index is 2.01. The number of carbonyl (C=O) groups excluding carboxylic acids is 1. The van der Waals surface area contributed by atoms with Gasteiger partial charge in [0, 0.05) is 18.2 Å². The first kappa shape index (κ1) is 16.0. The molecule has 0 saturated carbocycles. The zero-order valence-corrected chi connectivity index (χ0v) is 13.1. The highest BCUT2D eigenvalue weighted by Crippen LogP contribution is 2.37. The van der Waals surface area contributed by atoms with Crippen LogP contribution in [-0.2, 0) is 4.79 Å². The number of methoxy groups -OCH3 is 1. The molecule has 2 aromatic carbocycles. The molecule has 1 aliphatic rings. The summed E-state index contributed by atoms with van der Waals surface area (Å²) in [6.07, 6.45) is 1.71. The molecule has 0 saturated heterocycles. The summed E-state index contributed by atoms with van der Waals surface area (Å²) in [7, 11) is 3.08. The molecule has 0 aliphatic carbocycles. The smallest absolute Gasteiger partial charge is 0.387 e. The molecule has 0 N–H and O–H groups in total. The zero-order chi connectivity index (χ0) is 17.3. The zero-order valence-electron chi connectivity index (χ0n) is 13.1. The molecule has 0 spiro atoms. The minimum absolute atomic E-state index is 0.0510. The number of likely N-dealkylation sites (N-methyl/N-ethyl adjacent to an activating group) is 1. The summed E-state index contributed by atoms with van der Waals surface area (Å²) in [4.78, 5) is 14.0. The number of carbonyl (C=O) groups is 1. The predicted octanol–water partition coefficient (Wildman–Crippen LogP) is 3.81. The number of hydrogen-bond acceptors (Lipinski definition) is 3. The average Bonchev–Trinajstić information content (AvgIpc) is 2.81. The van der Waals surface area contributed by atoms with Gasteiger partial charge in [0.15, 0.2) is 11.5 Å². The van der Waals surface area contributed by atoms with E-state index in [0.717, 1.165) is 11.3 Å². The van der Waals surface area contributed by atoms with Crippen molar-refractivity contribution in [1.82, 2.24) is 0 Å². The number of hydrogen-bond donors (Lipinski definition) is 0. The lowest BCUT2D eigenvalue weighted by molar-refractivity contribution is -0.112. The molecule has 1 aliphatic heterocycles. The van der Waals surface area contributed by atoms with Crippen LogP contribution in [0.3, 0.4) is 0 Å². The van der Waals surface area contributed by atoms with Crippen LogP contribution in [0.2, 0.25) is 0 Å². The maximum Gasteiger partial charge on any atom is 0.387 e. The van der Waals surface area contributed by atoms with Crippen molar-refractivity contribution < 1.29 is 23.0 Å². The van der Waals surface area contributed by atoms with E-state index in [2.05, 4.69) is 4.74 Å². The van der Waals surface area contributed by atoms with E-state index in [1.807, 2.05) is 24.3 Å². The minimum Gasteiger partial charge on any atom is -0.493 e. The van der Waals surface area contributed by atoms with Gasteiger partial charge in [-0.25, -0.2) is 0 Å². The second-order valence-corrected chi connectivity index (χ2v) is 5.23. The van der Waals surface area contributed by atoms with Gasteiger partial charge in [-0.2, -0.15) is 8.78 Å². The van der Waals surface area contributed by atoms with Crippen molar-refractivity contribution in [2.75, 3.05) is 19.1 Å². The van der Waals surface area contributed by atoms with Crippen LogP contribution in [0.25, 0.3) is 11.6 Å². The van der Waals surface area contributed by atoms with Crippen LogP contribution in [0.15, 0.2) is 42.5 Å². The quantitative estimate of drug-likeness (QED) is 0.800. The van der Waals surface area contributed by atoms with Crippen molar-refractivity contribution in [3.63, 3.8) is 0 Å². The van der Waals surface area contributed by atoms with Crippen LogP contribution in [0.1, 0.15) is 11.1 Å². The highest BCUT2D eigenvalue weighted by molar-refractivity contribution is 6.35. The van der Waals surface area contributed by atoms with Crippen molar-refractivity contribution >= 4 is 23.2 Å². The molecule has 1 heterocycles. The van der Waals surface area contributed by atoms with Gasteiger partial charge in [0.05, 0.1) is 12.8 Å². The maximum absolute atomic E-state index is 12.4. The Morgan fingerprint density at radius 1 is 1.12 bits per heavy atom. The predicted molar refractivity (Wildman–Crippen MR) is 87.3 cm³/mol. The Bertz CT molecular complexity index is 818. The normalized spacial score (nSPS) is 15.1. The lowest BCUT2D eigenvalue weighted by Gasteiger charge is -2.10. The van der Waals surface area contributed by atoms with E-state index in [1.165, 1.54) is 13.2 Å². The van der Waals surface area contributed by atoms with E-state index in [1.54, 1.807) is 30.2 Å². The number of fused-ring (bicyclic) bond motifs is 1. The topological polar surface area (TPSA) is 38.8 Å². The molecule has 4 nitrogen and oxygen atoms in total. The van der Waals surface area contributed by atoms with Gasteiger partial charge in [-0.05, 0) is 29.8 Å². The Morgan fingerprint density at radius 2 is 1.88 bits per heavy atom. The number of rotatable bonds is 4. The molecular weight excluding hydrogens is 316 g/mol. The Labute approximate surface area is 137 Å². The summed E-state index contributed by atoms with van der Waals surface area (Å²) in [6, 6.07) is 12.0. The first-order chi connectivity index (χ1) is 11.5. The van der Waals surface area contributed by atoms with Gasteiger partial charge in [0.2, 0.25) is 0 Å². The van der Waals surface area contributed by atoms with Gasteiger partial charge in [-0.15, -0.1) is 0 Å². The molecule has 0 unspecified atom stereocenters. The lowest BCUT2D eigenvalue weighted by atomic mass is 10.0. The summed E-state index contributed by atoms with van der Waals surface area (Å²) in [5, 5.41) is 0. The molecule has 6 heteroatoms. The molecular formula is C18H15F2NO3. The number of para-hydroxylation sites is 1. The first-order valence-corrected chi connectivity index (χ1v) is 7.23. The van der Waals surface area contributed by atoms with Crippen molar-refractivity contribution in [2.24, 2.45) is 0 Å². The third-order valence-electron chi connectivity index (χ3n) is 3.81. The number of ether oxygens (including phenoxy) is 2. The van der Waals surface area contributed by atoms with E-state index in [9.17, 15) is 13.6 Å². The molecule has 0 atom stereocenters. The summed E-state index contributed by atoms with van der Waals surface area (Å²) in [5.74, 6) is 0.00438. The van der Waals surface area contributed by atoms with E-state index in [-0.39, 0.29) is 17.4 Å².